The zero-order valence-electron chi connectivity index (χ0n) is 13.0. The zero-order chi connectivity index (χ0) is 15.5. The van der Waals surface area contributed by atoms with E-state index in [1.54, 1.807) is 6.07 Å². The standard InChI is InChI=1S/C18H23NO2/c1-13-6-7-14(5-4-10-20)11-16(13)17(21)19-15-8-9-18(2,3)12-15/h6-7,11,15,20H,8-10,12H2,1-3H3,(H,19,21). The van der Waals surface area contributed by atoms with Crippen molar-refractivity contribution in [2.45, 2.75) is 46.1 Å². The first-order valence-corrected chi connectivity index (χ1v) is 7.42. The van der Waals surface area contributed by atoms with Gasteiger partial charge in [0.05, 0.1) is 0 Å². The summed E-state index contributed by atoms with van der Waals surface area (Å²) in [6.07, 6.45) is 3.22. The molecule has 1 saturated carbocycles. The van der Waals surface area contributed by atoms with E-state index in [1.807, 2.05) is 19.1 Å². The summed E-state index contributed by atoms with van der Waals surface area (Å²) < 4.78 is 0. The van der Waals surface area contributed by atoms with Crippen LogP contribution in [0, 0.1) is 24.2 Å². The molecule has 1 aromatic rings. The molecule has 112 valence electrons. The van der Waals surface area contributed by atoms with Crippen LogP contribution in [0.4, 0.5) is 0 Å². The number of carbonyl (C=O) groups excluding carboxylic acids is 1. The van der Waals surface area contributed by atoms with E-state index in [0.29, 0.717) is 11.0 Å². The Morgan fingerprint density at radius 1 is 1.48 bits per heavy atom. The number of benzene rings is 1. The molecule has 1 amide bonds. The molecule has 1 aliphatic carbocycles. The van der Waals surface area contributed by atoms with Crippen molar-refractivity contribution in [1.29, 1.82) is 0 Å². The molecule has 3 heteroatoms. The van der Waals surface area contributed by atoms with Crippen LogP contribution in [-0.4, -0.2) is 23.7 Å². The van der Waals surface area contributed by atoms with Crippen molar-refractivity contribution in [2.75, 3.05) is 6.61 Å². The van der Waals surface area contributed by atoms with E-state index in [4.69, 9.17) is 5.11 Å². The van der Waals surface area contributed by atoms with E-state index >= 15 is 0 Å². The summed E-state index contributed by atoms with van der Waals surface area (Å²) in [5, 5.41) is 11.9. The van der Waals surface area contributed by atoms with Crippen LogP contribution in [0.15, 0.2) is 18.2 Å². The highest BCUT2D eigenvalue weighted by atomic mass is 16.2. The predicted molar refractivity (Wildman–Crippen MR) is 84.0 cm³/mol. The molecule has 1 unspecified atom stereocenters. The van der Waals surface area contributed by atoms with E-state index in [0.717, 1.165) is 30.4 Å². The van der Waals surface area contributed by atoms with Gasteiger partial charge in [0.15, 0.2) is 0 Å². The first-order valence-electron chi connectivity index (χ1n) is 7.42. The Balaban J connectivity index is 2.12. The summed E-state index contributed by atoms with van der Waals surface area (Å²) in [5.74, 6) is 5.43. The summed E-state index contributed by atoms with van der Waals surface area (Å²) in [6, 6.07) is 5.83. The quantitative estimate of drug-likeness (QED) is 0.821. The fourth-order valence-corrected chi connectivity index (χ4v) is 2.91. The average molecular weight is 285 g/mol. The molecule has 3 nitrogen and oxygen atoms in total. The van der Waals surface area contributed by atoms with Gasteiger partial charge in [0.2, 0.25) is 0 Å². The van der Waals surface area contributed by atoms with Gasteiger partial charge < -0.3 is 10.4 Å². The van der Waals surface area contributed by atoms with E-state index < -0.39 is 0 Å². The first-order chi connectivity index (χ1) is 9.91. The number of aryl methyl sites for hydroxylation is 1. The summed E-state index contributed by atoms with van der Waals surface area (Å²) in [4.78, 5) is 12.4. The van der Waals surface area contributed by atoms with Gasteiger partial charge in [-0.3, -0.25) is 4.79 Å². The molecule has 0 heterocycles. The van der Waals surface area contributed by atoms with Crippen LogP contribution in [0.5, 0.6) is 0 Å². The zero-order valence-corrected chi connectivity index (χ0v) is 13.0. The number of rotatable bonds is 2. The van der Waals surface area contributed by atoms with Crippen molar-refractivity contribution in [3.63, 3.8) is 0 Å². The summed E-state index contributed by atoms with van der Waals surface area (Å²) in [7, 11) is 0. The number of aliphatic hydroxyl groups excluding tert-OH is 1. The van der Waals surface area contributed by atoms with Crippen molar-refractivity contribution in [3.05, 3.63) is 34.9 Å². The van der Waals surface area contributed by atoms with Crippen LogP contribution in [0.2, 0.25) is 0 Å². The maximum atomic E-state index is 12.4. The van der Waals surface area contributed by atoms with Gasteiger partial charge in [-0.05, 0) is 49.3 Å². The highest BCUT2D eigenvalue weighted by Crippen LogP contribution is 2.37. The molecule has 0 aliphatic heterocycles. The third-order valence-electron chi connectivity index (χ3n) is 4.10. The highest BCUT2D eigenvalue weighted by molar-refractivity contribution is 5.96. The van der Waals surface area contributed by atoms with Gasteiger partial charge in [-0.25, -0.2) is 0 Å². The normalized spacial score (nSPS) is 19.7. The second-order valence-electron chi connectivity index (χ2n) is 6.57. The Hall–Kier alpha value is -1.79. The fraction of sp³-hybridized carbons (Fsp3) is 0.500. The molecular weight excluding hydrogens is 262 g/mol. The van der Waals surface area contributed by atoms with Crippen LogP contribution in [0.3, 0.4) is 0 Å². The second kappa shape index (κ2) is 6.32. The largest absolute Gasteiger partial charge is 0.384 e. The molecule has 1 fully saturated rings. The molecule has 21 heavy (non-hydrogen) atoms. The Bertz CT molecular complexity index is 593. The van der Waals surface area contributed by atoms with Crippen molar-refractivity contribution < 1.29 is 9.90 Å². The van der Waals surface area contributed by atoms with Crippen molar-refractivity contribution in [2.24, 2.45) is 5.41 Å². The summed E-state index contributed by atoms with van der Waals surface area (Å²) in [5.41, 5.74) is 2.69. The van der Waals surface area contributed by atoms with Crippen molar-refractivity contribution in [1.82, 2.24) is 5.32 Å². The minimum absolute atomic E-state index is 0.0251. The van der Waals surface area contributed by atoms with Crippen LogP contribution >= 0.6 is 0 Å². The van der Waals surface area contributed by atoms with Gasteiger partial charge in [-0.1, -0.05) is 31.8 Å². The highest BCUT2D eigenvalue weighted by Gasteiger charge is 2.31. The maximum Gasteiger partial charge on any atom is 0.251 e. The predicted octanol–water partition coefficient (Wildman–Crippen LogP) is 2.65. The van der Waals surface area contributed by atoms with Gasteiger partial charge >= 0.3 is 0 Å². The lowest BCUT2D eigenvalue weighted by Crippen LogP contribution is -2.34. The van der Waals surface area contributed by atoms with E-state index in [2.05, 4.69) is 31.0 Å². The fourth-order valence-electron chi connectivity index (χ4n) is 2.91. The van der Waals surface area contributed by atoms with Gasteiger partial charge in [-0.2, -0.15) is 0 Å². The lowest BCUT2D eigenvalue weighted by molar-refractivity contribution is 0.0935. The monoisotopic (exact) mass is 285 g/mol. The molecule has 2 N–H and O–H groups in total. The topological polar surface area (TPSA) is 49.3 Å². The van der Waals surface area contributed by atoms with Crippen LogP contribution < -0.4 is 5.32 Å². The molecule has 1 atom stereocenters. The third-order valence-corrected chi connectivity index (χ3v) is 4.10. The molecule has 0 bridgehead atoms. The Morgan fingerprint density at radius 3 is 2.86 bits per heavy atom. The van der Waals surface area contributed by atoms with Crippen LogP contribution in [-0.2, 0) is 0 Å². The van der Waals surface area contributed by atoms with Crippen LogP contribution in [0.25, 0.3) is 0 Å². The number of carbonyl (C=O) groups is 1. The summed E-state index contributed by atoms with van der Waals surface area (Å²) >= 11 is 0. The molecule has 0 radical (unpaired) electrons. The van der Waals surface area contributed by atoms with E-state index in [-0.39, 0.29) is 18.6 Å². The maximum absolute atomic E-state index is 12.4. The van der Waals surface area contributed by atoms with E-state index in [9.17, 15) is 4.79 Å². The lowest BCUT2D eigenvalue weighted by atomic mass is 9.92. The van der Waals surface area contributed by atoms with Crippen molar-refractivity contribution in [3.8, 4) is 11.8 Å². The summed E-state index contributed by atoms with van der Waals surface area (Å²) in [6.45, 7) is 6.24. The Morgan fingerprint density at radius 2 is 2.24 bits per heavy atom. The van der Waals surface area contributed by atoms with Gasteiger partial charge in [0.25, 0.3) is 5.91 Å². The molecule has 2 rings (SSSR count). The Labute approximate surface area is 126 Å². The molecule has 1 aromatic carbocycles. The number of hydrogen-bond acceptors (Lipinski definition) is 2. The van der Waals surface area contributed by atoms with Gasteiger partial charge in [0.1, 0.15) is 6.61 Å². The average Bonchev–Trinajstić information content (AvgIpc) is 2.76. The molecular formula is C18H23NO2. The number of nitrogens with one attached hydrogen (secondary N) is 1. The number of aliphatic hydroxyl groups is 1. The first kappa shape index (κ1) is 15.6. The number of amides is 1. The smallest absolute Gasteiger partial charge is 0.251 e. The SMILES string of the molecule is Cc1ccc(C#CCO)cc1C(=O)NC1CCC(C)(C)C1. The van der Waals surface area contributed by atoms with Crippen LogP contribution in [0.1, 0.15) is 54.6 Å². The van der Waals surface area contributed by atoms with Crippen molar-refractivity contribution >= 4 is 5.91 Å². The molecule has 0 spiro atoms. The van der Waals surface area contributed by atoms with Gasteiger partial charge in [-0.15, -0.1) is 0 Å². The third kappa shape index (κ3) is 4.09. The minimum Gasteiger partial charge on any atom is -0.384 e. The molecule has 0 saturated heterocycles. The number of hydrogen-bond donors (Lipinski definition) is 2. The molecule has 1 aliphatic rings. The lowest BCUT2D eigenvalue weighted by Gasteiger charge is -2.18. The van der Waals surface area contributed by atoms with Gasteiger partial charge in [0, 0.05) is 17.2 Å². The minimum atomic E-state index is -0.174. The van der Waals surface area contributed by atoms with E-state index in [1.165, 1.54) is 0 Å². The Kier molecular flexibility index (Phi) is 4.69. The molecule has 0 aromatic heterocycles. The second-order valence-corrected chi connectivity index (χ2v) is 6.57.